The standard InChI is InChI=1S/C26H31N3O4/c1-4-29(5-2)19-13-11-18(12-14-19)21-22-20(27-28-24(22)30)15-26(3,32)23(21)25(31)33-16-17-9-7-6-8-10-17/h6-14,21,23,32H,4-5,15-16H2,1-3H3,(H2,27,28,30)/t21-,23+,26+/m1/s1. The number of benzene rings is 2. The molecule has 3 aromatic rings. The largest absolute Gasteiger partial charge is 0.460 e. The number of aromatic amines is 2. The van der Waals surface area contributed by atoms with Crippen LogP contribution in [0, 0.1) is 5.92 Å². The fourth-order valence-corrected chi connectivity index (χ4v) is 4.91. The molecular formula is C26H31N3O4. The van der Waals surface area contributed by atoms with Gasteiger partial charge in [0.25, 0.3) is 5.56 Å². The van der Waals surface area contributed by atoms with E-state index in [-0.39, 0.29) is 18.6 Å². The third kappa shape index (κ3) is 4.46. The first-order chi connectivity index (χ1) is 15.9. The van der Waals surface area contributed by atoms with Gasteiger partial charge in [0.2, 0.25) is 0 Å². The lowest BCUT2D eigenvalue weighted by Gasteiger charge is -2.40. The van der Waals surface area contributed by atoms with Gasteiger partial charge < -0.3 is 19.8 Å². The molecule has 7 heteroatoms. The molecule has 33 heavy (non-hydrogen) atoms. The Morgan fingerprint density at radius 2 is 1.76 bits per heavy atom. The van der Waals surface area contributed by atoms with Crippen molar-refractivity contribution in [2.24, 2.45) is 5.92 Å². The minimum atomic E-state index is -1.39. The van der Waals surface area contributed by atoms with Crippen molar-refractivity contribution in [1.29, 1.82) is 0 Å². The zero-order valence-corrected chi connectivity index (χ0v) is 19.3. The smallest absolute Gasteiger partial charge is 0.313 e. The van der Waals surface area contributed by atoms with Crippen molar-refractivity contribution < 1.29 is 14.6 Å². The highest BCUT2D eigenvalue weighted by Crippen LogP contribution is 2.44. The van der Waals surface area contributed by atoms with Gasteiger partial charge in [-0.1, -0.05) is 42.5 Å². The van der Waals surface area contributed by atoms with E-state index in [1.165, 1.54) is 0 Å². The number of aromatic nitrogens is 2. The third-order valence-electron chi connectivity index (χ3n) is 6.60. The van der Waals surface area contributed by atoms with E-state index in [2.05, 4.69) is 28.9 Å². The second kappa shape index (κ2) is 9.27. The van der Waals surface area contributed by atoms with Crippen LogP contribution in [-0.4, -0.2) is 40.0 Å². The predicted molar refractivity (Wildman–Crippen MR) is 127 cm³/mol. The van der Waals surface area contributed by atoms with Gasteiger partial charge in [-0.15, -0.1) is 0 Å². The maximum Gasteiger partial charge on any atom is 0.313 e. The highest BCUT2D eigenvalue weighted by atomic mass is 16.5. The Morgan fingerprint density at radius 1 is 1.09 bits per heavy atom. The average molecular weight is 450 g/mol. The molecule has 2 aromatic carbocycles. The van der Waals surface area contributed by atoms with E-state index in [1.807, 2.05) is 54.6 Å². The van der Waals surface area contributed by atoms with Crippen molar-refractivity contribution in [3.63, 3.8) is 0 Å². The Labute approximate surface area is 193 Å². The van der Waals surface area contributed by atoms with Crippen molar-refractivity contribution in [3.05, 3.63) is 87.3 Å². The van der Waals surface area contributed by atoms with Crippen molar-refractivity contribution in [2.45, 2.75) is 45.3 Å². The number of aliphatic hydroxyl groups is 1. The molecule has 3 N–H and O–H groups in total. The lowest BCUT2D eigenvalue weighted by Crippen LogP contribution is -2.50. The number of rotatable bonds is 7. The SMILES string of the molecule is CCN(CC)c1ccc([C@@H]2c3c([nH][nH]c3=O)C[C@](C)(O)[C@@H]2C(=O)OCc2ccccc2)cc1. The van der Waals surface area contributed by atoms with Gasteiger partial charge in [-0.2, -0.15) is 0 Å². The molecule has 1 aliphatic rings. The molecule has 0 radical (unpaired) electrons. The van der Waals surface area contributed by atoms with Crippen LogP contribution < -0.4 is 10.5 Å². The molecule has 0 amide bonds. The maximum absolute atomic E-state index is 13.4. The molecular weight excluding hydrogens is 418 g/mol. The van der Waals surface area contributed by atoms with Crippen molar-refractivity contribution in [3.8, 4) is 0 Å². The van der Waals surface area contributed by atoms with Gasteiger partial charge in [0.15, 0.2) is 0 Å². The van der Waals surface area contributed by atoms with Gasteiger partial charge in [0, 0.05) is 42.4 Å². The van der Waals surface area contributed by atoms with E-state index in [0.717, 1.165) is 29.9 Å². The molecule has 4 rings (SSSR count). The quantitative estimate of drug-likeness (QED) is 0.481. The van der Waals surface area contributed by atoms with Crippen LogP contribution >= 0.6 is 0 Å². The summed E-state index contributed by atoms with van der Waals surface area (Å²) >= 11 is 0. The maximum atomic E-state index is 13.4. The molecule has 3 atom stereocenters. The Hall–Kier alpha value is -3.32. The van der Waals surface area contributed by atoms with E-state index in [0.29, 0.717) is 11.3 Å². The van der Waals surface area contributed by atoms with E-state index in [4.69, 9.17) is 4.74 Å². The van der Waals surface area contributed by atoms with Crippen molar-refractivity contribution >= 4 is 11.7 Å². The number of H-pyrrole nitrogens is 2. The molecule has 0 aliphatic heterocycles. The summed E-state index contributed by atoms with van der Waals surface area (Å²) in [5.41, 5.74) is 2.15. The minimum Gasteiger partial charge on any atom is -0.460 e. The molecule has 0 unspecified atom stereocenters. The van der Waals surface area contributed by atoms with Crippen LogP contribution in [0.2, 0.25) is 0 Å². The third-order valence-corrected chi connectivity index (χ3v) is 6.60. The monoisotopic (exact) mass is 449 g/mol. The van der Waals surface area contributed by atoms with Gasteiger partial charge in [0.05, 0.1) is 11.5 Å². The molecule has 1 aliphatic carbocycles. The van der Waals surface area contributed by atoms with E-state index in [9.17, 15) is 14.7 Å². The Kier molecular flexibility index (Phi) is 6.42. The van der Waals surface area contributed by atoms with Crippen LogP contribution in [0.15, 0.2) is 59.4 Å². The first-order valence-electron chi connectivity index (χ1n) is 11.4. The summed E-state index contributed by atoms with van der Waals surface area (Å²) in [4.78, 5) is 28.3. The topological polar surface area (TPSA) is 98.4 Å². The summed E-state index contributed by atoms with van der Waals surface area (Å²) < 4.78 is 5.65. The van der Waals surface area contributed by atoms with Crippen LogP contribution in [0.1, 0.15) is 49.1 Å². The summed E-state index contributed by atoms with van der Waals surface area (Å²) in [6.07, 6.45) is 0.153. The number of esters is 1. The van der Waals surface area contributed by atoms with Gasteiger partial charge in [-0.3, -0.25) is 14.7 Å². The van der Waals surface area contributed by atoms with Crippen LogP contribution in [0.25, 0.3) is 0 Å². The molecule has 1 aromatic heterocycles. The van der Waals surface area contributed by atoms with Crippen molar-refractivity contribution in [1.82, 2.24) is 10.2 Å². The summed E-state index contributed by atoms with van der Waals surface area (Å²) in [5, 5.41) is 16.9. The van der Waals surface area contributed by atoms with E-state index >= 15 is 0 Å². The van der Waals surface area contributed by atoms with Gasteiger partial charge in [0.1, 0.15) is 6.61 Å². The number of nitrogens with zero attached hydrogens (tertiary/aromatic N) is 1. The highest BCUT2D eigenvalue weighted by Gasteiger charge is 2.51. The molecule has 174 valence electrons. The zero-order chi connectivity index (χ0) is 23.6. The van der Waals surface area contributed by atoms with E-state index in [1.54, 1.807) is 6.92 Å². The Bertz CT molecular complexity index is 1140. The van der Waals surface area contributed by atoms with Crippen molar-refractivity contribution in [2.75, 3.05) is 18.0 Å². The first-order valence-corrected chi connectivity index (χ1v) is 11.4. The summed E-state index contributed by atoms with van der Waals surface area (Å²) in [5.74, 6) is -2.08. The number of carbonyl (C=O) groups is 1. The minimum absolute atomic E-state index is 0.107. The number of hydrogen-bond acceptors (Lipinski definition) is 5. The van der Waals surface area contributed by atoms with Gasteiger partial charge in [-0.25, -0.2) is 0 Å². The molecule has 1 heterocycles. The van der Waals surface area contributed by atoms with Crippen LogP contribution in [0.5, 0.6) is 0 Å². The van der Waals surface area contributed by atoms with E-state index < -0.39 is 23.4 Å². The Morgan fingerprint density at radius 3 is 2.39 bits per heavy atom. The fraction of sp³-hybridized carbons (Fsp3) is 0.385. The number of ether oxygens (including phenoxy) is 1. The average Bonchev–Trinajstić information content (AvgIpc) is 3.17. The lowest BCUT2D eigenvalue weighted by molar-refractivity contribution is -0.161. The molecule has 0 saturated heterocycles. The zero-order valence-electron chi connectivity index (χ0n) is 19.3. The first kappa shape index (κ1) is 22.9. The molecule has 0 spiro atoms. The normalized spacial score (nSPS) is 21.9. The van der Waals surface area contributed by atoms with Crippen LogP contribution in [-0.2, 0) is 22.6 Å². The predicted octanol–water partition coefficient (Wildman–Crippen LogP) is 3.35. The number of anilines is 1. The molecule has 0 saturated carbocycles. The summed E-state index contributed by atoms with van der Waals surface area (Å²) in [6, 6.07) is 17.3. The highest BCUT2D eigenvalue weighted by molar-refractivity contribution is 5.77. The second-order valence-corrected chi connectivity index (χ2v) is 8.82. The molecule has 7 nitrogen and oxygen atoms in total. The summed E-state index contributed by atoms with van der Waals surface area (Å²) in [6.45, 7) is 7.69. The van der Waals surface area contributed by atoms with Crippen LogP contribution in [0.3, 0.4) is 0 Å². The van der Waals surface area contributed by atoms with Gasteiger partial charge >= 0.3 is 5.97 Å². The fourth-order valence-electron chi connectivity index (χ4n) is 4.91. The van der Waals surface area contributed by atoms with Gasteiger partial charge in [-0.05, 0) is 44.0 Å². The number of carbonyl (C=O) groups excluding carboxylic acids is 1. The van der Waals surface area contributed by atoms with Crippen LogP contribution in [0.4, 0.5) is 5.69 Å². The number of nitrogens with one attached hydrogen (secondary N) is 2. The molecule has 0 fully saturated rings. The number of fused-ring (bicyclic) bond motifs is 1. The molecule has 0 bridgehead atoms. The number of hydrogen-bond donors (Lipinski definition) is 3. The second-order valence-electron chi connectivity index (χ2n) is 8.82. The lowest BCUT2D eigenvalue weighted by atomic mass is 9.66. The Balaban J connectivity index is 1.72. The summed E-state index contributed by atoms with van der Waals surface area (Å²) in [7, 11) is 0.